The highest BCUT2D eigenvalue weighted by Gasteiger charge is 2.08. The molecule has 4 N–H and O–H groups in total. The van der Waals surface area contributed by atoms with Crippen LogP contribution in [0.2, 0.25) is 5.02 Å². The summed E-state index contributed by atoms with van der Waals surface area (Å²) in [5, 5.41) is 26.9. The van der Waals surface area contributed by atoms with Crippen LogP contribution in [-0.2, 0) is 0 Å². The maximum absolute atomic E-state index is 9.08. The zero-order chi connectivity index (χ0) is 16.7. The van der Waals surface area contributed by atoms with E-state index in [4.69, 9.17) is 27.5 Å². The number of aliphatic hydroxyl groups is 2. The van der Waals surface area contributed by atoms with Crippen molar-refractivity contribution in [3.05, 3.63) is 47.5 Å². The molecule has 0 radical (unpaired) electrons. The van der Waals surface area contributed by atoms with E-state index in [1.807, 2.05) is 11.0 Å². The summed E-state index contributed by atoms with van der Waals surface area (Å²) in [6, 6.07) is 12.4. The van der Waals surface area contributed by atoms with Gasteiger partial charge in [-0.05, 0) is 42.5 Å². The van der Waals surface area contributed by atoms with Gasteiger partial charge in [0.15, 0.2) is 0 Å². The van der Waals surface area contributed by atoms with Crippen molar-refractivity contribution >= 4 is 34.4 Å². The lowest BCUT2D eigenvalue weighted by Gasteiger charge is -2.23. The van der Waals surface area contributed by atoms with Crippen LogP contribution < -0.4 is 10.6 Å². The van der Waals surface area contributed by atoms with Crippen molar-refractivity contribution in [1.29, 1.82) is 0 Å². The maximum Gasteiger partial charge on any atom is 0.104 e. The van der Waals surface area contributed by atoms with Crippen LogP contribution in [0.1, 0.15) is 0 Å². The molecule has 23 heavy (non-hydrogen) atoms. The number of azo groups is 1. The SMILES string of the molecule is Nc1ccc(/N=N/c2ccc(N(CCO)CCO)cc2Cl)cc1. The first-order chi connectivity index (χ1) is 11.1. The number of anilines is 2. The Kier molecular flexibility index (Phi) is 6.34. The standard InChI is InChI=1S/C16H19ClN4O2/c17-15-11-14(21(7-9-22)8-10-23)5-6-16(15)20-19-13-3-1-12(18)2-4-13/h1-6,11,22-23H,7-10,18H2/b20-19+. The van der Waals surface area contributed by atoms with Crippen LogP contribution >= 0.6 is 11.6 Å². The van der Waals surface area contributed by atoms with Gasteiger partial charge in [0.1, 0.15) is 5.69 Å². The quantitative estimate of drug-likeness (QED) is 0.535. The molecule has 0 saturated heterocycles. The van der Waals surface area contributed by atoms with Crippen LogP contribution in [0.5, 0.6) is 0 Å². The van der Waals surface area contributed by atoms with Crippen LogP contribution in [0.15, 0.2) is 52.7 Å². The van der Waals surface area contributed by atoms with Crippen LogP contribution in [0.4, 0.5) is 22.7 Å². The number of hydrogen-bond donors (Lipinski definition) is 3. The van der Waals surface area contributed by atoms with Crippen molar-refractivity contribution in [2.75, 3.05) is 36.9 Å². The third kappa shape index (κ3) is 4.92. The molecule has 0 spiro atoms. The Bertz CT molecular complexity index is 656. The number of halogens is 1. The summed E-state index contributed by atoms with van der Waals surface area (Å²) in [5.41, 5.74) is 8.32. The van der Waals surface area contributed by atoms with Gasteiger partial charge in [-0.25, -0.2) is 0 Å². The lowest BCUT2D eigenvalue weighted by atomic mass is 10.2. The summed E-state index contributed by atoms with van der Waals surface area (Å²) in [6.45, 7) is 0.832. The molecule has 122 valence electrons. The van der Waals surface area contributed by atoms with Gasteiger partial charge in [0.2, 0.25) is 0 Å². The largest absolute Gasteiger partial charge is 0.399 e. The Morgan fingerprint density at radius 3 is 2.17 bits per heavy atom. The molecule has 2 aromatic rings. The average Bonchev–Trinajstić information content (AvgIpc) is 2.55. The molecule has 0 aromatic heterocycles. The molecule has 0 fully saturated rings. The van der Waals surface area contributed by atoms with Gasteiger partial charge in [-0.15, -0.1) is 5.11 Å². The van der Waals surface area contributed by atoms with Crippen molar-refractivity contribution in [2.45, 2.75) is 0 Å². The second kappa shape index (κ2) is 8.47. The van der Waals surface area contributed by atoms with Crippen molar-refractivity contribution in [3.8, 4) is 0 Å². The third-order valence-corrected chi connectivity index (χ3v) is 3.51. The normalized spacial score (nSPS) is 11.1. The first kappa shape index (κ1) is 17.2. The van der Waals surface area contributed by atoms with E-state index in [-0.39, 0.29) is 13.2 Å². The third-order valence-electron chi connectivity index (χ3n) is 3.20. The van der Waals surface area contributed by atoms with Gasteiger partial charge >= 0.3 is 0 Å². The molecule has 0 unspecified atom stereocenters. The highest BCUT2D eigenvalue weighted by atomic mass is 35.5. The highest BCUT2D eigenvalue weighted by molar-refractivity contribution is 6.33. The number of benzene rings is 2. The Balaban J connectivity index is 2.16. The molecule has 0 bridgehead atoms. The lowest BCUT2D eigenvalue weighted by Crippen LogP contribution is -2.29. The van der Waals surface area contributed by atoms with Gasteiger partial charge in [0.05, 0.1) is 23.9 Å². The van der Waals surface area contributed by atoms with Crippen LogP contribution in [0.25, 0.3) is 0 Å². The monoisotopic (exact) mass is 334 g/mol. The molecular formula is C16H19ClN4O2. The Morgan fingerprint density at radius 2 is 1.61 bits per heavy atom. The number of nitrogen functional groups attached to an aromatic ring is 1. The number of rotatable bonds is 7. The second-order valence-corrected chi connectivity index (χ2v) is 5.27. The van der Waals surface area contributed by atoms with E-state index in [2.05, 4.69) is 10.2 Å². The summed E-state index contributed by atoms with van der Waals surface area (Å²) in [4.78, 5) is 1.84. The second-order valence-electron chi connectivity index (χ2n) is 4.86. The minimum Gasteiger partial charge on any atom is -0.399 e. The van der Waals surface area contributed by atoms with Gasteiger partial charge in [-0.1, -0.05) is 11.6 Å². The fourth-order valence-corrected chi connectivity index (χ4v) is 2.25. The molecule has 0 aliphatic carbocycles. The van der Waals surface area contributed by atoms with E-state index < -0.39 is 0 Å². The van der Waals surface area contributed by atoms with E-state index in [1.165, 1.54) is 0 Å². The van der Waals surface area contributed by atoms with Crippen molar-refractivity contribution in [2.24, 2.45) is 10.2 Å². The molecule has 0 aliphatic rings. The van der Waals surface area contributed by atoms with Gasteiger partial charge in [0.25, 0.3) is 0 Å². The van der Waals surface area contributed by atoms with Gasteiger partial charge in [-0.2, -0.15) is 5.11 Å². The van der Waals surface area contributed by atoms with Gasteiger partial charge in [0, 0.05) is 24.5 Å². The minimum atomic E-state index is -0.00375. The summed E-state index contributed by atoms with van der Waals surface area (Å²) in [7, 11) is 0. The van der Waals surface area contributed by atoms with Gasteiger partial charge in [-0.3, -0.25) is 0 Å². The highest BCUT2D eigenvalue weighted by Crippen LogP contribution is 2.31. The molecule has 0 heterocycles. The van der Waals surface area contributed by atoms with E-state index in [0.717, 1.165) is 5.69 Å². The number of nitrogens with two attached hydrogens (primary N) is 1. The molecule has 0 saturated carbocycles. The van der Waals surface area contributed by atoms with E-state index in [1.54, 1.807) is 36.4 Å². The summed E-state index contributed by atoms with van der Waals surface area (Å²) >= 11 is 6.24. The van der Waals surface area contributed by atoms with Crippen LogP contribution in [-0.4, -0.2) is 36.5 Å². The predicted octanol–water partition coefficient (Wildman–Crippen LogP) is 3.13. The summed E-state index contributed by atoms with van der Waals surface area (Å²) in [6.07, 6.45) is 0. The Morgan fingerprint density at radius 1 is 0.957 bits per heavy atom. The molecule has 0 aliphatic heterocycles. The smallest absolute Gasteiger partial charge is 0.104 e. The van der Waals surface area contributed by atoms with E-state index in [0.29, 0.717) is 35.2 Å². The molecule has 2 rings (SSSR count). The fraction of sp³-hybridized carbons (Fsp3) is 0.250. The summed E-state index contributed by atoms with van der Waals surface area (Å²) in [5.74, 6) is 0. The topological polar surface area (TPSA) is 94.4 Å². The van der Waals surface area contributed by atoms with Crippen molar-refractivity contribution < 1.29 is 10.2 Å². The van der Waals surface area contributed by atoms with Gasteiger partial charge < -0.3 is 20.8 Å². The fourth-order valence-electron chi connectivity index (χ4n) is 2.04. The van der Waals surface area contributed by atoms with Crippen LogP contribution in [0.3, 0.4) is 0 Å². The number of nitrogens with zero attached hydrogens (tertiary/aromatic N) is 3. The Labute approximate surface area is 139 Å². The number of aliphatic hydroxyl groups excluding tert-OH is 2. The van der Waals surface area contributed by atoms with Crippen LogP contribution in [0, 0.1) is 0 Å². The van der Waals surface area contributed by atoms with Crippen molar-refractivity contribution in [3.63, 3.8) is 0 Å². The first-order valence-corrected chi connectivity index (χ1v) is 7.55. The zero-order valence-corrected chi connectivity index (χ0v) is 13.3. The minimum absolute atomic E-state index is 0.00375. The molecule has 2 aromatic carbocycles. The molecule has 7 heteroatoms. The first-order valence-electron chi connectivity index (χ1n) is 7.17. The lowest BCUT2D eigenvalue weighted by molar-refractivity contribution is 0.281. The summed E-state index contributed by atoms with van der Waals surface area (Å²) < 4.78 is 0. The van der Waals surface area contributed by atoms with E-state index in [9.17, 15) is 0 Å². The number of hydrogen-bond acceptors (Lipinski definition) is 6. The van der Waals surface area contributed by atoms with Crippen molar-refractivity contribution in [1.82, 2.24) is 0 Å². The molecular weight excluding hydrogens is 316 g/mol. The zero-order valence-electron chi connectivity index (χ0n) is 12.6. The molecule has 0 atom stereocenters. The van der Waals surface area contributed by atoms with E-state index >= 15 is 0 Å². The average molecular weight is 335 g/mol. The Hall–Kier alpha value is -2.15. The molecule has 6 nitrogen and oxygen atoms in total. The maximum atomic E-state index is 9.08. The molecule has 0 amide bonds. The predicted molar refractivity (Wildman–Crippen MR) is 92.9 cm³/mol.